The van der Waals surface area contributed by atoms with Crippen LogP contribution >= 0.6 is 0 Å². The van der Waals surface area contributed by atoms with Crippen molar-refractivity contribution in [1.29, 1.82) is 0 Å². The molecule has 0 spiro atoms. The highest BCUT2D eigenvalue weighted by Crippen LogP contribution is 2.69. The number of ketones is 1. The number of amides is 2. The van der Waals surface area contributed by atoms with Gasteiger partial charge in [0.15, 0.2) is 17.3 Å². The number of imide groups is 1. The van der Waals surface area contributed by atoms with Gasteiger partial charge in [0, 0.05) is 23.2 Å². The van der Waals surface area contributed by atoms with Gasteiger partial charge in [-0.25, -0.2) is 4.90 Å². The molecule has 2 fully saturated rings. The zero-order chi connectivity index (χ0) is 32.1. The van der Waals surface area contributed by atoms with E-state index in [0.29, 0.717) is 22.5 Å². The van der Waals surface area contributed by atoms with Crippen molar-refractivity contribution < 1.29 is 23.9 Å². The van der Waals surface area contributed by atoms with Crippen LogP contribution in [0, 0.1) is 11.8 Å². The first-order valence-electron chi connectivity index (χ1n) is 15.5. The van der Waals surface area contributed by atoms with Gasteiger partial charge >= 0.3 is 0 Å². The lowest BCUT2D eigenvalue weighted by Gasteiger charge is -2.34. The van der Waals surface area contributed by atoms with E-state index in [0.717, 1.165) is 21.9 Å². The van der Waals surface area contributed by atoms with Crippen LogP contribution in [-0.2, 0) is 25.2 Å². The summed E-state index contributed by atoms with van der Waals surface area (Å²) in [6.07, 6.45) is 3.41. The third kappa shape index (κ3) is 3.44. The Bertz CT molecular complexity index is 2170. The van der Waals surface area contributed by atoms with E-state index in [2.05, 4.69) is 9.97 Å². The van der Waals surface area contributed by atoms with Gasteiger partial charge in [0.25, 0.3) is 0 Å². The Morgan fingerprint density at radius 3 is 1.47 bits per heavy atom. The summed E-state index contributed by atoms with van der Waals surface area (Å²) in [4.78, 5) is 55.1. The van der Waals surface area contributed by atoms with Gasteiger partial charge in [-0.15, -0.1) is 0 Å². The second-order valence-corrected chi connectivity index (χ2v) is 12.7. The van der Waals surface area contributed by atoms with Crippen LogP contribution in [0.4, 0.5) is 5.69 Å². The van der Waals surface area contributed by atoms with Crippen molar-refractivity contribution in [3.8, 4) is 23.0 Å². The number of aromatic nitrogens is 2. The topological polar surface area (TPSA) is 98.7 Å². The average molecular weight is 618 g/mol. The van der Waals surface area contributed by atoms with Gasteiger partial charge in [-0.3, -0.25) is 24.4 Å². The SMILES string of the molecule is C[C@]12C(=O)[C@](C)(c3c1c1cccnc1c1ncccc31)[C@H]1C(=O)N(c3c(Oc4ccccc4)cccc3Oc3ccccc3)C(=O)[C@H]12. The Kier molecular flexibility index (Phi) is 5.58. The van der Waals surface area contributed by atoms with Crippen LogP contribution in [-0.4, -0.2) is 27.6 Å². The van der Waals surface area contributed by atoms with Crippen molar-refractivity contribution in [2.45, 2.75) is 24.7 Å². The number of rotatable bonds is 5. The summed E-state index contributed by atoms with van der Waals surface area (Å²) in [6, 6.07) is 31.0. The van der Waals surface area contributed by atoms with Gasteiger partial charge in [-0.1, -0.05) is 54.6 Å². The summed E-state index contributed by atoms with van der Waals surface area (Å²) in [6.45, 7) is 3.64. The first kappa shape index (κ1) is 27.4. The largest absolute Gasteiger partial charge is 0.455 e. The number of nitrogens with zero attached hydrogens (tertiary/aromatic N) is 3. The minimum Gasteiger partial charge on any atom is -0.455 e. The number of pyridine rings is 2. The molecule has 6 aromatic rings. The summed E-state index contributed by atoms with van der Waals surface area (Å²) >= 11 is 0. The van der Waals surface area contributed by atoms with Crippen LogP contribution in [0.3, 0.4) is 0 Å². The van der Waals surface area contributed by atoms with Crippen molar-refractivity contribution in [1.82, 2.24) is 9.97 Å². The number of anilines is 1. The minimum absolute atomic E-state index is 0.132. The number of ether oxygens (including phenoxy) is 2. The fourth-order valence-corrected chi connectivity index (χ4v) is 8.47. The summed E-state index contributed by atoms with van der Waals surface area (Å²) in [7, 11) is 0. The molecule has 2 aliphatic carbocycles. The molecule has 8 heteroatoms. The van der Waals surface area contributed by atoms with Crippen LogP contribution < -0.4 is 14.4 Å². The normalized spacial score (nSPS) is 24.2. The van der Waals surface area contributed by atoms with Crippen LogP contribution in [0.2, 0.25) is 0 Å². The number of benzene rings is 4. The third-order valence-electron chi connectivity index (χ3n) is 10.3. The second kappa shape index (κ2) is 9.56. The molecular weight excluding hydrogens is 590 g/mol. The predicted octanol–water partition coefficient (Wildman–Crippen LogP) is 7.29. The first-order chi connectivity index (χ1) is 22.8. The summed E-state index contributed by atoms with van der Waals surface area (Å²) < 4.78 is 12.7. The molecule has 1 saturated carbocycles. The summed E-state index contributed by atoms with van der Waals surface area (Å²) in [5.74, 6) is -1.31. The number of para-hydroxylation sites is 3. The van der Waals surface area contributed by atoms with Gasteiger partial charge in [0.05, 0.1) is 33.7 Å². The number of carbonyl (C=O) groups is 3. The van der Waals surface area contributed by atoms with Crippen molar-refractivity contribution in [3.05, 3.63) is 127 Å². The van der Waals surface area contributed by atoms with Crippen LogP contribution in [0.15, 0.2) is 116 Å². The zero-order valence-electron chi connectivity index (χ0n) is 25.5. The van der Waals surface area contributed by atoms with Crippen molar-refractivity contribution in [3.63, 3.8) is 0 Å². The quantitative estimate of drug-likeness (QED) is 0.148. The number of hydrogen-bond donors (Lipinski definition) is 0. The molecule has 0 unspecified atom stereocenters. The molecule has 2 bridgehead atoms. The Labute approximate surface area is 269 Å². The van der Waals surface area contributed by atoms with Gasteiger partial charge in [0.1, 0.15) is 17.2 Å². The lowest BCUT2D eigenvalue weighted by atomic mass is 9.64. The summed E-state index contributed by atoms with van der Waals surface area (Å²) in [5.41, 5.74) is 0.481. The molecule has 3 aliphatic rings. The molecule has 1 saturated heterocycles. The van der Waals surface area contributed by atoms with E-state index in [1.165, 1.54) is 4.90 Å². The molecule has 4 aromatic carbocycles. The highest BCUT2D eigenvalue weighted by molar-refractivity contribution is 6.32. The molecule has 4 atom stereocenters. The van der Waals surface area contributed by atoms with Crippen LogP contribution in [0.1, 0.15) is 25.0 Å². The highest BCUT2D eigenvalue weighted by Gasteiger charge is 2.79. The second-order valence-electron chi connectivity index (χ2n) is 12.7. The number of Topliss-reactive ketones (excluding diaryl/α,β-unsaturated/α-hetero) is 1. The van der Waals surface area contributed by atoms with E-state index in [4.69, 9.17) is 9.47 Å². The lowest BCUT2D eigenvalue weighted by Crippen LogP contribution is -2.42. The van der Waals surface area contributed by atoms with E-state index in [-0.39, 0.29) is 23.0 Å². The van der Waals surface area contributed by atoms with Gasteiger partial charge < -0.3 is 9.47 Å². The molecule has 9 rings (SSSR count). The van der Waals surface area contributed by atoms with Gasteiger partial charge in [0.2, 0.25) is 11.8 Å². The van der Waals surface area contributed by atoms with E-state index in [1.54, 1.807) is 54.9 Å². The van der Waals surface area contributed by atoms with Crippen molar-refractivity contribution in [2.75, 3.05) is 4.90 Å². The molecule has 228 valence electrons. The molecule has 2 aromatic heterocycles. The molecule has 1 aliphatic heterocycles. The molecule has 8 nitrogen and oxygen atoms in total. The minimum atomic E-state index is -1.28. The molecular formula is C39H27N3O5. The number of hydrogen-bond acceptors (Lipinski definition) is 7. The molecule has 0 radical (unpaired) electrons. The number of carbonyl (C=O) groups excluding carboxylic acids is 3. The Hall–Kier alpha value is -5.89. The Morgan fingerprint density at radius 2 is 1.02 bits per heavy atom. The van der Waals surface area contributed by atoms with Crippen LogP contribution in [0.25, 0.3) is 21.8 Å². The first-order valence-corrected chi connectivity index (χ1v) is 15.5. The van der Waals surface area contributed by atoms with Crippen LogP contribution in [0.5, 0.6) is 23.0 Å². The predicted molar refractivity (Wildman–Crippen MR) is 176 cm³/mol. The van der Waals surface area contributed by atoms with Crippen molar-refractivity contribution in [2.24, 2.45) is 11.8 Å². The van der Waals surface area contributed by atoms with E-state index < -0.39 is 34.5 Å². The molecule has 0 N–H and O–H groups in total. The maximum atomic E-state index is 14.9. The molecule has 47 heavy (non-hydrogen) atoms. The van der Waals surface area contributed by atoms with Gasteiger partial charge in [-0.2, -0.15) is 0 Å². The monoisotopic (exact) mass is 617 g/mol. The van der Waals surface area contributed by atoms with E-state index in [9.17, 15) is 14.4 Å². The summed E-state index contributed by atoms with van der Waals surface area (Å²) in [5, 5.41) is 1.54. The fourth-order valence-electron chi connectivity index (χ4n) is 8.47. The fraction of sp³-hybridized carbons (Fsp3) is 0.154. The Balaban J connectivity index is 1.27. The maximum absolute atomic E-state index is 14.9. The molecule has 3 heterocycles. The smallest absolute Gasteiger partial charge is 0.239 e. The average Bonchev–Trinajstić information content (AvgIpc) is 3.55. The van der Waals surface area contributed by atoms with Crippen molar-refractivity contribution >= 4 is 45.1 Å². The zero-order valence-corrected chi connectivity index (χ0v) is 25.5. The molecule has 2 amide bonds. The standard InChI is InChI=1S/C39H27N3O5/c1-38-28-24-16-10-20-40-32(24)33-25(17-11-21-41-33)29(28)39(2,37(38)45)31-30(38)35(43)42(36(31)44)34-26(46-22-12-5-3-6-13-22)18-9-19-27(34)47-23-14-7-4-8-15-23/h3-21,30-31H,1-2H3/t30-,31+,38-,39+. The number of fused-ring (bicyclic) bond motifs is 13. The van der Waals surface area contributed by atoms with Gasteiger partial charge in [-0.05, 0) is 73.5 Å². The Morgan fingerprint density at radius 1 is 0.574 bits per heavy atom. The van der Waals surface area contributed by atoms with E-state index in [1.807, 2.05) is 74.5 Å². The lowest BCUT2D eigenvalue weighted by molar-refractivity contribution is -0.131. The van der Waals surface area contributed by atoms with E-state index >= 15 is 0 Å². The highest BCUT2D eigenvalue weighted by atomic mass is 16.5. The third-order valence-corrected chi connectivity index (χ3v) is 10.3. The maximum Gasteiger partial charge on any atom is 0.239 e.